The Bertz CT molecular complexity index is 685. The number of hydrogen-bond acceptors (Lipinski definition) is 3. The van der Waals surface area contributed by atoms with Gasteiger partial charge in [0.15, 0.2) is 5.41 Å². The Labute approximate surface area is 143 Å². The second-order valence-electron chi connectivity index (χ2n) is 5.82. The second-order valence-corrected chi connectivity index (χ2v) is 5.82. The summed E-state index contributed by atoms with van der Waals surface area (Å²) in [5, 5.41) is 8.95. The Hall–Kier alpha value is -2.46. The number of benzene rings is 1. The van der Waals surface area contributed by atoms with Gasteiger partial charge < -0.3 is 14.7 Å². The first-order valence-corrected chi connectivity index (χ1v) is 7.27. The van der Waals surface area contributed by atoms with Crippen LogP contribution in [0.15, 0.2) is 24.3 Å². The van der Waals surface area contributed by atoms with Crippen LogP contribution >= 0.6 is 0 Å². The summed E-state index contributed by atoms with van der Waals surface area (Å²) >= 11 is 0. The van der Waals surface area contributed by atoms with E-state index in [-0.39, 0.29) is 18.5 Å². The number of aliphatic carboxylic acids is 1. The fourth-order valence-electron chi connectivity index (χ4n) is 2.65. The summed E-state index contributed by atoms with van der Waals surface area (Å²) in [5.41, 5.74) is -2.75. The molecular weight excluding hydrogens is 372 g/mol. The maximum Gasteiger partial charge on any atom is 0.573 e. The van der Waals surface area contributed by atoms with E-state index in [2.05, 4.69) is 4.74 Å². The third-order valence-electron chi connectivity index (χ3n) is 4.09. The Morgan fingerprint density at radius 2 is 1.69 bits per heavy atom. The number of hydrogen-bond donors (Lipinski definition) is 1. The van der Waals surface area contributed by atoms with Gasteiger partial charge in [-0.2, -0.15) is 13.2 Å². The molecule has 26 heavy (non-hydrogen) atoms. The zero-order chi connectivity index (χ0) is 19.8. The van der Waals surface area contributed by atoms with Gasteiger partial charge in [0.25, 0.3) is 0 Å². The van der Waals surface area contributed by atoms with Crippen molar-refractivity contribution in [1.29, 1.82) is 0 Å². The molecule has 1 aromatic carbocycles. The molecule has 0 saturated carbocycles. The van der Waals surface area contributed by atoms with Gasteiger partial charge in [0.05, 0.1) is 6.42 Å². The minimum Gasteiger partial charge on any atom is -0.481 e. The standard InChI is InChI=1S/C15H13F6NO4/c16-14(17,18)13(12(24)25)5-6-22(8-13)11(23)7-9-1-3-10(4-2-9)26-15(19,20)21/h1-4H,5-8H2,(H,24,25). The smallest absolute Gasteiger partial charge is 0.481 e. The molecule has 1 amide bonds. The van der Waals surface area contributed by atoms with Crippen LogP contribution in [0.25, 0.3) is 0 Å². The normalized spacial score (nSPS) is 20.9. The molecule has 1 saturated heterocycles. The van der Waals surface area contributed by atoms with Gasteiger partial charge in [0.2, 0.25) is 5.91 Å². The molecule has 0 aromatic heterocycles. The van der Waals surface area contributed by atoms with E-state index in [1.165, 1.54) is 12.1 Å². The number of alkyl halides is 6. The lowest BCUT2D eigenvalue weighted by Crippen LogP contribution is -2.47. The van der Waals surface area contributed by atoms with Crippen molar-refractivity contribution in [3.05, 3.63) is 29.8 Å². The quantitative estimate of drug-likeness (QED) is 0.810. The molecule has 1 aliphatic heterocycles. The zero-order valence-corrected chi connectivity index (χ0v) is 13.0. The molecule has 5 nitrogen and oxygen atoms in total. The van der Waals surface area contributed by atoms with E-state index in [9.17, 15) is 35.9 Å². The summed E-state index contributed by atoms with van der Waals surface area (Å²) in [6.45, 7) is -1.38. The van der Waals surface area contributed by atoms with Crippen LogP contribution in [0, 0.1) is 5.41 Å². The molecule has 1 unspecified atom stereocenters. The van der Waals surface area contributed by atoms with Crippen molar-refractivity contribution in [3.8, 4) is 5.75 Å². The highest BCUT2D eigenvalue weighted by molar-refractivity contribution is 5.82. The van der Waals surface area contributed by atoms with Gasteiger partial charge in [0.1, 0.15) is 5.75 Å². The van der Waals surface area contributed by atoms with Gasteiger partial charge in [-0.15, -0.1) is 13.2 Å². The second kappa shape index (κ2) is 6.69. The summed E-state index contributed by atoms with van der Waals surface area (Å²) in [5.74, 6) is -3.30. The molecule has 1 N–H and O–H groups in total. The number of amides is 1. The third-order valence-corrected chi connectivity index (χ3v) is 4.09. The van der Waals surface area contributed by atoms with E-state index in [1.807, 2.05) is 0 Å². The van der Waals surface area contributed by atoms with Crippen LogP contribution in [0.3, 0.4) is 0 Å². The van der Waals surface area contributed by atoms with Gasteiger partial charge in [-0.3, -0.25) is 9.59 Å². The van der Waals surface area contributed by atoms with Crippen molar-refractivity contribution in [2.75, 3.05) is 13.1 Å². The SMILES string of the molecule is O=C(Cc1ccc(OC(F)(F)F)cc1)N1CCC(C(=O)O)(C(F)(F)F)C1. The predicted octanol–water partition coefficient (Wildman–Crippen LogP) is 2.99. The Morgan fingerprint density at radius 1 is 1.12 bits per heavy atom. The van der Waals surface area contributed by atoms with E-state index >= 15 is 0 Å². The topological polar surface area (TPSA) is 66.8 Å². The maximum absolute atomic E-state index is 13.1. The molecular formula is C15H13F6NO4. The van der Waals surface area contributed by atoms with Gasteiger partial charge in [0, 0.05) is 13.1 Å². The highest BCUT2D eigenvalue weighted by atomic mass is 19.4. The molecule has 1 fully saturated rings. The molecule has 1 aliphatic rings. The largest absolute Gasteiger partial charge is 0.573 e. The van der Waals surface area contributed by atoms with Crippen molar-refractivity contribution in [2.24, 2.45) is 5.41 Å². The Balaban J connectivity index is 2.04. The van der Waals surface area contributed by atoms with Crippen LogP contribution in [-0.2, 0) is 16.0 Å². The van der Waals surface area contributed by atoms with Crippen molar-refractivity contribution in [1.82, 2.24) is 4.90 Å². The van der Waals surface area contributed by atoms with Crippen molar-refractivity contribution >= 4 is 11.9 Å². The Morgan fingerprint density at radius 3 is 2.12 bits per heavy atom. The first-order chi connectivity index (χ1) is 11.8. The lowest BCUT2D eigenvalue weighted by Gasteiger charge is -2.27. The van der Waals surface area contributed by atoms with Crippen LogP contribution in [0.1, 0.15) is 12.0 Å². The van der Waals surface area contributed by atoms with Gasteiger partial charge in [-0.25, -0.2) is 0 Å². The van der Waals surface area contributed by atoms with E-state index < -0.39 is 48.5 Å². The predicted molar refractivity (Wildman–Crippen MR) is 74.1 cm³/mol. The van der Waals surface area contributed by atoms with E-state index in [1.54, 1.807) is 0 Å². The number of carbonyl (C=O) groups excluding carboxylic acids is 1. The lowest BCUT2D eigenvalue weighted by molar-refractivity contribution is -0.274. The Kier molecular flexibility index (Phi) is 5.11. The molecule has 1 heterocycles. The number of ether oxygens (including phenoxy) is 1. The molecule has 0 aliphatic carbocycles. The number of carboxylic acid groups (broad SMARTS) is 1. The van der Waals surface area contributed by atoms with Crippen LogP contribution < -0.4 is 4.74 Å². The van der Waals surface area contributed by atoms with Crippen LogP contribution in [0.5, 0.6) is 5.75 Å². The molecule has 0 spiro atoms. The zero-order valence-electron chi connectivity index (χ0n) is 13.0. The number of rotatable bonds is 4. The number of nitrogens with zero attached hydrogens (tertiary/aromatic N) is 1. The first-order valence-electron chi connectivity index (χ1n) is 7.27. The van der Waals surface area contributed by atoms with Gasteiger partial charge in [-0.05, 0) is 24.1 Å². The number of halogens is 6. The maximum atomic E-state index is 13.1. The molecule has 11 heteroatoms. The average Bonchev–Trinajstić information content (AvgIpc) is 2.94. The molecule has 2 rings (SSSR count). The van der Waals surface area contributed by atoms with E-state index in [0.717, 1.165) is 17.0 Å². The molecule has 1 aromatic rings. The van der Waals surface area contributed by atoms with E-state index in [0.29, 0.717) is 0 Å². The summed E-state index contributed by atoms with van der Waals surface area (Å²) in [6, 6.07) is 4.28. The molecule has 144 valence electrons. The number of likely N-dealkylation sites (tertiary alicyclic amines) is 1. The van der Waals surface area contributed by atoms with Crippen LogP contribution in [0.4, 0.5) is 26.3 Å². The summed E-state index contributed by atoms with van der Waals surface area (Å²) in [7, 11) is 0. The van der Waals surface area contributed by atoms with Gasteiger partial charge in [-0.1, -0.05) is 12.1 Å². The molecule has 0 radical (unpaired) electrons. The van der Waals surface area contributed by atoms with Crippen molar-refractivity contribution in [2.45, 2.75) is 25.4 Å². The monoisotopic (exact) mass is 385 g/mol. The fourth-order valence-corrected chi connectivity index (χ4v) is 2.65. The third kappa shape index (κ3) is 4.20. The average molecular weight is 385 g/mol. The first kappa shape index (κ1) is 19.9. The highest BCUT2D eigenvalue weighted by Gasteiger charge is 2.64. The van der Waals surface area contributed by atoms with Crippen LogP contribution in [0.2, 0.25) is 0 Å². The number of carboxylic acids is 1. The minimum absolute atomic E-state index is 0.254. The van der Waals surface area contributed by atoms with Crippen LogP contribution in [-0.4, -0.2) is 47.5 Å². The summed E-state index contributed by atoms with van der Waals surface area (Å²) < 4.78 is 79.1. The summed E-state index contributed by atoms with van der Waals surface area (Å²) in [6.07, 6.45) is -11.0. The van der Waals surface area contributed by atoms with E-state index in [4.69, 9.17) is 5.11 Å². The summed E-state index contributed by atoms with van der Waals surface area (Å²) in [4.78, 5) is 24.0. The highest BCUT2D eigenvalue weighted by Crippen LogP contribution is 2.45. The fraction of sp³-hybridized carbons (Fsp3) is 0.467. The minimum atomic E-state index is -5.01. The van der Waals surface area contributed by atoms with Crippen molar-refractivity contribution < 1.29 is 45.8 Å². The molecule has 1 atom stereocenters. The molecule has 0 bridgehead atoms. The van der Waals surface area contributed by atoms with Gasteiger partial charge >= 0.3 is 18.5 Å². The number of carbonyl (C=O) groups is 2. The van der Waals surface area contributed by atoms with Crippen molar-refractivity contribution in [3.63, 3.8) is 0 Å². The lowest BCUT2D eigenvalue weighted by atomic mass is 9.86.